The van der Waals surface area contributed by atoms with Crippen LogP contribution in [0.25, 0.3) is 0 Å². The molecule has 0 bridgehead atoms. The number of ether oxygens (including phenoxy) is 1. The van der Waals surface area contributed by atoms with Crippen molar-refractivity contribution < 1.29 is 17.9 Å². The van der Waals surface area contributed by atoms with E-state index in [0.717, 1.165) is 6.07 Å². The maximum absolute atomic E-state index is 12.8. The highest BCUT2D eigenvalue weighted by atomic mass is 19.4. The van der Waals surface area contributed by atoms with Crippen LogP contribution in [0.2, 0.25) is 0 Å². The fraction of sp³-hybridized carbons (Fsp3) is 0.500. The quantitative estimate of drug-likeness (QED) is 0.886. The molecule has 0 saturated heterocycles. The number of rotatable bonds is 4. The van der Waals surface area contributed by atoms with Crippen molar-refractivity contribution in [2.75, 3.05) is 6.61 Å². The molecule has 1 aromatic rings. The first-order valence-electron chi connectivity index (χ1n) is 5.37. The van der Waals surface area contributed by atoms with Crippen LogP contribution in [0, 0.1) is 5.92 Å². The van der Waals surface area contributed by atoms with Gasteiger partial charge in [0.15, 0.2) is 0 Å². The maximum atomic E-state index is 12.8. The molecule has 0 fully saturated rings. The van der Waals surface area contributed by atoms with Crippen LogP contribution >= 0.6 is 0 Å². The minimum absolute atomic E-state index is 0.0769. The van der Waals surface area contributed by atoms with Crippen molar-refractivity contribution >= 4 is 0 Å². The summed E-state index contributed by atoms with van der Waals surface area (Å²) >= 11 is 0. The van der Waals surface area contributed by atoms with Gasteiger partial charge in [0.25, 0.3) is 0 Å². The Morgan fingerprint density at radius 3 is 2.41 bits per heavy atom. The number of nitrogens with two attached hydrogens (primary N) is 1. The minimum atomic E-state index is -4.42. The van der Waals surface area contributed by atoms with Crippen molar-refractivity contribution in [3.05, 3.63) is 29.3 Å². The van der Waals surface area contributed by atoms with E-state index in [2.05, 4.69) is 0 Å². The lowest BCUT2D eigenvalue weighted by molar-refractivity contribution is -0.139. The second kappa shape index (κ2) is 5.40. The molecule has 2 nitrogen and oxygen atoms in total. The van der Waals surface area contributed by atoms with Gasteiger partial charge in [0.2, 0.25) is 0 Å². The molecule has 0 unspecified atom stereocenters. The van der Waals surface area contributed by atoms with Gasteiger partial charge in [-0.05, 0) is 23.6 Å². The summed E-state index contributed by atoms with van der Waals surface area (Å²) in [6, 6.07) is 3.91. The van der Waals surface area contributed by atoms with Crippen LogP contribution in [0.15, 0.2) is 18.2 Å². The molecule has 0 aliphatic carbocycles. The smallest absolute Gasteiger partial charge is 0.419 e. The van der Waals surface area contributed by atoms with Crippen LogP contribution in [-0.2, 0) is 12.7 Å². The van der Waals surface area contributed by atoms with Gasteiger partial charge in [0, 0.05) is 6.54 Å². The fourth-order valence-corrected chi connectivity index (χ4v) is 1.31. The molecule has 0 radical (unpaired) electrons. The second-order valence-electron chi connectivity index (χ2n) is 4.24. The molecule has 1 rings (SSSR count). The van der Waals surface area contributed by atoms with E-state index >= 15 is 0 Å². The predicted octanol–water partition coefficient (Wildman–Crippen LogP) is 3.20. The zero-order chi connectivity index (χ0) is 13.1. The van der Waals surface area contributed by atoms with Gasteiger partial charge in [-0.3, -0.25) is 0 Å². The molecule has 0 aliphatic heterocycles. The van der Waals surface area contributed by atoms with E-state index in [-0.39, 0.29) is 24.8 Å². The second-order valence-corrected chi connectivity index (χ2v) is 4.24. The Balaban J connectivity index is 3.03. The van der Waals surface area contributed by atoms with Crippen LogP contribution in [-0.4, -0.2) is 6.61 Å². The van der Waals surface area contributed by atoms with E-state index < -0.39 is 11.7 Å². The predicted molar refractivity (Wildman–Crippen MR) is 59.7 cm³/mol. The SMILES string of the molecule is CC(C)COc1ccc(CN)cc1C(F)(F)F. The van der Waals surface area contributed by atoms with Crippen LogP contribution in [0.5, 0.6) is 5.75 Å². The van der Waals surface area contributed by atoms with Crippen molar-refractivity contribution in [3.8, 4) is 5.75 Å². The zero-order valence-electron chi connectivity index (χ0n) is 9.84. The molecule has 0 aliphatic rings. The third-order valence-corrected chi connectivity index (χ3v) is 2.16. The average molecular weight is 247 g/mol. The lowest BCUT2D eigenvalue weighted by Gasteiger charge is -2.16. The summed E-state index contributed by atoms with van der Waals surface area (Å²) in [6.45, 7) is 4.08. The summed E-state index contributed by atoms with van der Waals surface area (Å²) in [5, 5.41) is 0. The highest BCUT2D eigenvalue weighted by Crippen LogP contribution is 2.36. The molecule has 0 atom stereocenters. The molecule has 17 heavy (non-hydrogen) atoms. The molecule has 0 saturated carbocycles. The Bertz CT molecular complexity index is 375. The molecule has 0 aromatic heterocycles. The molecule has 5 heteroatoms. The van der Waals surface area contributed by atoms with Gasteiger partial charge in [0.1, 0.15) is 5.75 Å². The zero-order valence-corrected chi connectivity index (χ0v) is 9.84. The average Bonchev–Trinajstić information content (AvgIpc) is 2.24. The number of benzene rings is 1. The number of halogens is 3. The minimum Gasteiger partial charge on any atom is -0.493 e. The van der Waals surface area contributed by atoms with Crippen LogP contribution in [0.3, 0.4) is 0 Å². The van der Waals surface area contributed by atoms with Crippen molar-refractivity contribution in [2.45, 2.75) is 26.6 Å². The van der Waals surface area contributed by atoms with Crippen LogP contribution in [0.4, 0.5) is 13.2 Å². The monoisotopic (exact) mass is 247 g/mol. The van der Waals surface area contributed by atoms with Crippen molar-refractivity contribution in [1.82, 2.24) is 0 Å². The Morgan fingerprint density at radius 2 is 1.94 bits per heavy atom. The largest absolute Gasteiger partial charge is 0.493 e. The summed E-state index contributed by atoms with van der Waals surface area (Å²) in [7, 11) is 0. The Hall–Kier alpha value is -1.23. The summed E-state index contributed by atoms with van der Waals surface area (Å²) in [5.74, 6) is 0.0358. The van der Waals surface area contributed by atoms with Crippen molar-refractivity contribution in [2.24, 2.45) is 11.7 Å². The molecule has 96 valence electrons. The molecule has 1 aromatic carbocycles. The molecule has 2 N–H and O–H groups in total. The molecular formula is C12H16F3NO. The lowest BCUT2D eigenvalue weighted by Crippen LogP contribution is -2.12. The van der Waals surface area contributed by atoms with Gasteiger partial charge in [-0.15, -0.1) is 0 Å². The topological polar surface area (TPSA) is 35.2 Å². The summed E-state index contributed by atoms with van der Waals surface area (Å²) in [5.41, 5.74) is 5.00. The van der Waals surface area contributed by atoms with Gasteiger partial charge in [-0.1, -0.05) is 19.9 Å². The van der Waals surface area contributed by atoms with Crippen molar-refractivity contribution in [1.29, 1.82) is 0 Å². The van der Waals surface area contributed by atoms with E-state index in [4.69, 9.17) is 10.5 Å². The first-order chi connectivity index (χ1) is 7.84. The third-order valence-electron chi connectivity index (χ3n) is 2.16. The Kier molecular flexibility index (Phi) is 4.40. The summed E-state index contributed by atoms with van der Waals surface area (Å²) in [4.78, 5) is 0. The fourth-order valence-electron chi connectivity index (χ4n) is 1.31. The molecule has 0 amide bonds. The van der Waals surface area contributed by atoms with E-state index in [1.807, 2.05) is 13.8 Å². The van der Waals surface area contributed by atoms with E-state index in [1.165, 1.54) is 6.07 Å². The maximum Gasteiger partial charge on any atom is 0.419 e. The molecular weight excluding hydrogens is 231 g/mol. The lowest BCUT2D eigenvalue weighted by atomic mass is 10.1. The Morgan fingerprint density at radius 1 is 1.29 bits per heavy atom. The first-order valence-corrected chi connectivity index (χ1v) is 5.37. The highest BCUT2D eigenvalue weighted by Gasteiger charge is 2.34. The van der Waals surface area contributed by atoms with Crippen molar-refractivity contribution in [3.63, 3.8) is 0 Å². The third kappa shape index (κ3) is 3.93. The first kappa shape index (κ1) is 13.8. The van der Waals surface area contributed by atoms with E-state index in [1.54, 1.807) is 6.07 Å². The van der Waals surface area contributed by atoms with Crippen LogP contribution in [0.1, 0.15) is 25.0 Å². The number of hydrogen-bond donors (Lipinski definition) is 1. The molecule has 0 heterocycles. The normalized spacial score (nSPS) is 11.9. The highest BCUT2D eigenvalue weighted by molar-refractivity contribution is 5.39. The van der Waals surface area contributed by atoms with Gasteiger partial charge in [0.05, 0.1) is 12.2 Å². The summed E-state index contributed by atoms with van der Waals surface area (Å²) in [6.07, 6.45) is -4.42. The molecule has 0 spiro atoms. The Labute approximate surface area is 98.6 Å². The van der Waals surface area contributed by atoms with Gasteiger partial charge < -0.3 is 10.5 Å². The van der Waals surface area contributed by atoms with Gasteiger partial charge in [-0.25, -0.2) is 0 Å². The standard InChI is InChI=1S/C12H16F3NO/c1-8(2)7-17-11-4-3-9(6-16)5-10(11)12(13,14)15/h3-5,8H,6-7,16H2,1-2H3. The summed E-state index contributed by atoms with van der Waals surface area (Å²) < 4.78 is 43.5. The van der Waals surface area contributed by atoms with Gasteiger partial charge >= 0.3 is 6.18 Å². The van der Waals surface area contributed by atoms with Gasteiger partial charge in [-0.2, -0.15) is 13.2 Å². The van der Waals surface area contributed by atoms with E-state index in [9.17, 15) is 13.2 Å². The number of hydrogen-bond acceptors (Lipinski definition) is 2. The van der Waals surface area contributed by atoms with E-state index in [0.29, 0.717) is 5.56 Å². The number of alkyl halides is 3. The van der Waals surface area contributed by atoms with Crippen LogP contribution < -0.4 is 10.5 Å².